The maximum atomic E-state index is 13.0. The van der Waals surface area contributed by atoms with Crippen LogP contribution in [-0.2, 0) is 12.8 Å². The molecule has 94 valence electrons. The highest BCUT2D eigenvalue weighted by Gasteiger charge is 2.17. The quantitative estimate of drug-likeness (QED) is 0.599. The summed E-state index contributed by atoms with van der Waals surface area (Å²) in [6, 6.07) is 3.95. The van der Waals surface area contributed by atoms with Crippen LogP contribution in [0.25, 0.3) is 0 Å². The lowest BCUT2D eigenvalue weighted by atomic mass is 9.77. The van der Waals surface area contributed by atoms with Gasteiger partial charge in [0.05, 0.1) is 0 Å². The van der Waals surface area contributed by atoms with E-state index >= 15 is 0 Å². The average molecular weight is 267 g/mol. The summed E-state index contributed by atoms with van der Waals surface area (Å²) in [7, 11) is 0.130. The maximum Gasteiger partial charge on any atom is 0.488 e. The highest BCUT2D eigenvalue weighted by molar-refractivity contribution is 7.98. The Balaban J connectivity index is 2.16. The van der Waals surface area contributed by atoms with Gasteiger partial charge in [0, 0.05) is 12.8 Å². The molecule has 0 radical (unpaired) electrons. The maximum absolute atomic E-state index is 13.0. The molecule has 1 aromatic carbocycles. The molecular formula is C10H11BFN3O2S. The molecule has 0 saturated heterocycles. The SMILES string of the molecule is Cn1cnnc1SCc1ccc(F)cc1B(O)O. The first-order valence-corrected chi connectivity index (χ1v) is 6.17. The van der Waals surface area contributed by atoms with Crippen molar-refractivity contribution in [3.05, 3.63) is 35.9 Å². The lowest BCUT2D eigenvalue weighted by molar-refractivity contribution is 0.425. The van der Waals surface area contributed by atoms with Crippen molar-refractivity contribution in [2.24, 2.45) is 7.05 Å². The van der Waals surface area contributed by atoms with Gasteiger partial charge in [-0.05, 0) is 23.2 Å². The number of aryl methyl sites for hydroxylation is 1. The van der Waals surface area contributed by atoms with Gasteiger partial charge in [0.25, 0.3) is 0 Å². The molecule has 0 aliphatic heterocycles. The number of hydrogen-bond acceptors (Lipinski definition) is 5. The van der Waals surface area contributed by atoms with Crippen molar-refractivity contribution >= 4 is 24.3 Å². The van der Waals surface area contributed by atoms with Crippen LogP contribution >= 0.6 is 11.8 Å². The van der Waals surface area contributed by atoms with Gasteiger partial charge in [0.1, 0.15) is 12.1 Å². The van der Waals surface area contributed by atoms with Crippen LogP contribution in [0, 0.1) is 5.82 Å². The Kier molecular flexibility index (Phi) is 4.00. The summed E-state index contributed by atoms with van der Waals surface area (Å²) < 4.78 is 14.8. The van der Waals surface area contributed by atoms with E-state index in [2.05, 4.69) is 10.2 Å². The van der Waals surface area contributed by atoms with E-state index in [4.69, 9.17) is 0 Å². The van der Waals surface area contributed by atoms with Gasteiger partial charge in [-0.15, -0.1) is 10.2 Å². The van der Waals surface area contributed by atoms with Crippen molar-refractivity contribution < 1.29 is 14.4 Å². The molecule has 2 N–H and O–H groups in total. The third-order valence-electron chi connectivity index (χ3n) is 2.41. The van der Waals surface area contributed by atoms with Gasteiger partial charge < -0.3 is 14.6 Å². The Morgan fingerprint density at radius 3 is 2.83 bits per heavy atom. The van der Waals surface area contributed by atoms with E-state index in [0.29, 0.717) is 16.5 Å². The molecule has 0 spiro atoms. The van der Waals surface area contributed by atoms with Crippen molar-refractivity contribution in [1.29, 1.82) is 0 Å². The van der Waals surface area contributed by atoms with Crippen LogP contribution < -0.4 is 5.46 Å². The van der Waals surface area contributed by atoms with Crippen LogP contribution in [0.15, 0.2) is 29.7 Å². The molecule has 0 aliphatic carbocycles. The summed E-state index contributed by atoms with van der Waals surface area (Å²) >= 11 is 1.39. The van der Waals surface area contributed by atoms with E-state index in [0.717, 1.165) is 6.07 Å². The van der Waals surface area contributed by atoms with E-state index in [-0.39, 0.29) is 5.46 Å². The molecule has 1 heterocycles. The number of halogens is 1. The number of nitrogens with zero attached hydrogens (tertiary/aromatic N) is 3. The molecule has 0 bridgehead atoms. The lowest BCUT2D eigenvalue weighted by Crippen LogP contribution is -2.33. The normalized spacial score (nSPS) is 10.7. The third kappa shape index (κ3) is 2.89. The van der Waals surface area contributed by atoms with Gasteiger partial charge in [-0.2, -0.15) is 0 Å². The molecule has 0 amide bonds. The van der Waals surface area contributed by atoms with Crippen molar-refractivity contribution in [1.82, 2.24) is 14.8 Å². The second-order valence-corrected chi connectivity index (χ2v) is 4.67. The van der Waals surface area contributed by atoms with Gasteiger partial charge in [-0.3, -0.25) is 0 Å². The fourth-order valence-electron chi connectivity index (χ4n) is 1.48. The second-order valence-electron chi connectivity index (χ2n) is 3.73. The fraction of sp³-hybridized carbons (Fsp3) is 0.200. The first kappa shape index (κ1) is 13.1. The summed E-state index contributed by atoms with van der Waals surface area (Å²) in [6.07, 6.45) is 1.58. The smallest absolute Gasteiger partial charge is 0.423 e. The molecule has 2 rings (SSSR count). The Hall–Kier alpha value is -1.38. The van der Waals surface area contributed by atoms with Gasteiger partial charge in [-0.1, -0.05) is 17.8 Å². The molecule has 0 saturated carbocycles. The number of rotatable bonds is 4. The van der Waals surface area contributed by atoms with Gasteiger partial charge in [0.15, 0.2) is 5.16 Å². The zero-order chi connectivity index (χ0) is 13.1. The first-order valence-electron chi connectivity index (χ1n) is 5.19. The standard InChI is InChI=1S/C10H11BFN3O2S/c1-15-6-13-14-10(15)18-5-7-2-3-8(12)4-9(7)11(16)17/h2-4,6,16-17H,5H2,1H3. The van der Waals surface area contributed by atoms with E-state index in [1.165, 1.54) is 23.9 Å². The molecule has 1 aromatic heterocycles. The fourth-order valence-corrected chi connectivity index (χ4v) is 2.39. The summed E-state index contributed by atoms with van der Waals surface area (Å²) in [5.41, 5.74) is 0.823. The minimum atomic E-state index is -1.68. The molecule has 8 heteroatoms. The van der Waals surface area contributed by atoms with E-state index in [1.54, 1.807) is 10.9 Å². The van der Waals surface area contributed by atoms with Crippen LogP contribution in [0.3, 0.4) is 0 Å². The van der Waals surface area contributed by atoms with E-state index in [1.807, 2.05) is 7.05 Å². The van der Waals surface area contributed by atoms with Gasteiger partial charge >= 0.3 is 7.12 Å². The molecule has 2 aromatic rings. The van der Waals surface area contributed by atoms with Crippen molar-refractivity contribution in [3.63, 3.8) is 0 Å². The zero-order valence-corrected chi connectivity index (χ0v) is 10.4. The van der Waals surface area contributed by atoms with Gasteiger partial charge in [-0.25, -0.2) is 4.39 Å². The van der Waals surface area contributed by atoms with Gasteiger partial charge in [0.2, 0.25) is 0 Å². The third-order valence-corrected chi connectivity index (χ3v) is 3.50. The van der Waals surface area contributed by atoms with E-state index in [9.17, 15) is 14.4 Å². The Labute approximate surface area is 108 Å². The monoisotopic (exact) mass is 267 g/mol. The minimum absolute atomic E-state index is 0.171. The molecule has 0 aliphatic rings. The van der Waals surface area contributed by atoms with E-state index < -0.39 is 12.9 Å². The Morgan fingerprint density at radius 2 is 2.22 bits per heavy atom. The topological polar surface area (TPSA) is 71.2 Å². The van der Waals surface area contributed by atoms with Crippen molar-refractivity contribution in [2.45, 2.75) is 10.9 Å². The highest BCUT2D eigenvalue weighted by atomic mass is 32.2. The number of hydrogen-bond donors (Lipinski definition) is 2. The largest absolute Gasteiger partial charge is 0.488 e. The zero-order valence-electron chi connectivity index (χ0n) is 9.62. The summed E-state index contributed by atoms with van der Waals surface area (Å²) in [4.78, 5) is 0. The van der Waals surface area contributed by atoms with Crippen LogP contribution in [0.4, 0.5) is 4.39 Å². The van der Waals surface area contributed by atoms with Crippen LogP contribution in [-0.4, -0.2) is 31.9 Å². The number of thioether (sulfide) groups is 1. The molecular weight excluding hydrogens is 256 g/mol. The lowest BCUT2D eigenvalue weighted by Gasteiger charge is -2.08. The van der Waals surface area contributed by atoms with Crippen LogP contribution in [0.2, 0.25) is 0 Å². The molecule has 0 atom stereocenters. The Bertz CT molecular complexity index is 550. The summed E-state index contributed by atoms with van der Waals surface area (Å²) in [5.74, 6) is -0.0368. The number of aromatic nitrogens is 3. The molecule has 5 nitrogen and oxygen atoms in total. The molecule has 0 fully saturated rings. The Morgan fingerprint density at radius 1 is 1.44 bits per heavy atom. The summed E-state index contributed by atoms with van der Waals surface area (Å²) in [5, 5.41) is 26.7. The number of benzene rings is 1. The molecule has 18 heavy (non-hydrogen) atoms. The van der Waals surface area contributed by atoms with Crippen molar-refractivity contribution in [3.8, 4) is 0 Å². The van der Waals surface area contributed by atoms with Crippen LogP contribution in [0.1, 0.15) is 5.56 Å². The minimum Gasteiger partial charge on any atom is -0.423 e. The average Bonchev–Trinajstić information content (AvgIpc) is 2.73. The van der Waals surface area contributed by atoms with Crippen molar-refractivity contribution in [2.75, 3.05) is 0 Å². The highest BCUT2D eigenvalue weighted by Crippen LogP contribution is 2.19. The summed E-state index contributed by atoms with van der Waals surface area (Å²) in [6.45, 7) is 0. The van der Waals surface area contributed by atoms with Crippen LogP contribution in [0.5, 0.6) is 0 Å². The second kappa shape index (κ2) is 5.51. The predicted octanol–water partition coefficient (Wildman–Crippen LogP) is -0.0737. The molecule has 0 unspecified atom stereocenters. The first-order chi connectivity index (χ1) is 8.58. The predicted molar refractivity (Wildman–Crippen MR) is 66.8 cm³/mol.